The average molecular weight is 181 g/mol. The van der Waals surface area contributed by atoms with Crippen molar-refractivity contribution in [2.45, 2.75) is 33.2 Å². The van der Waals surface area contributed by atoms with Crippen LogP contribution in [0.15, 0.2) is 16.5 Å². The molecule has 0 aliphatic heterocycles. The van der Waals surface area contributed by atoms with Gasteiger partial charge in [-0.3, -0.25) is 4.90 Å². The summed E-state index contributed by atoms with van der Waals surface area (Å²) in [4.78, 5) is 2.29. The van der Waals surface area contributed by atoms with Crippen molar-refractivity contribution >= 4 is 0 Å². The molecule has 0 aliphatic rings. The van der Waals surface area contributed by atoms with Gasteiger partial charge < -0.3 is 4.42 Å². The summed E-state index contributed by atoms with van der Waals surface area (Å²) in [6.45, 7) is 6.27. The monoisotopic (exact) mass is 181 g/mol. The SMILES string of the molecule is CCCCN(C)Cc1ccc(C)o1. The molecule has 0 fully saturated rings. The molecule has 0 aromatic carbocycles. The Hall–Kier alpha value is -0.760. The Morgan fingerprint density at radius 3 is 2.69 bits per heavy atom. The van der Waals surface area contributed by atoms with E-state index in [2.05, 4.69) is 24.9 Å². The van der Waals surface area contributed by atoms with Gasteiger partial charge in [0, 0.05) is 0 Å². The Kier molecular flexibility index (Phi) is 4.03. The van der Waals surface area contributed by atoms with E-state index in [1.807, 2.05) is 13.0 Å². The van der Waals surface area contributed by atoms with Gasteiger partial charge in [0.15, 0.2) is 0 Å². The van der Waals surface area contributed by atoms with Crippen molar-refractivity contribution in [1.82, 2.24) is 4.90 Å². The number of rotatable bonds is 5. The Morgan fingerprint density at radius 2 is 2.15 bits per heavy atom. The van der Waals surface area contributed by atoms with Crippen molar-refractivity contribution in [3.63, 3.8) is 0 Å². The zero-order valence-electron chi connectivity index (χ0n) is 8.84. The Morgan fingerprint density at radius 1 is 1.38 bits per heavy atom. The van der Waals surface area contributed by atoms with E-state index in [1.165, 1.54) is 12.8 Å². The molecule has 1 aromatic rings. The second-order valence-electron chi connectivity index (χ2n) is 3.60. The first-order valence-electron chi connectivity index (χ1n) is 4.96. The molecule has 0 aliphatic carbocycles. The number of furan rings is 1. The standard InChI is InChI=1S/C11H19NO/c1-4-5-8-12(3)9-11-7-6-10(2)13-11/h6-7H,4-5,8-9H2,1-3H3. The van der Waals surface area contributed by atoms with Crippen LogP contribution < -0.4 is 0 Å². The maximum Gasteiger partial charge on any atom is 0.118 e. The van der Waals surface area contributed by atoms with Gasteiger partial charge in [-0.2, -0.15) is 0 Å². The molecule has 0 unspecified atom stereocenters. The lowest BCUT2D eigenvalue weighted by Gasteiger charge is -2.13. The number of aryl methyl sites for hydroxylation is 1. The summed E-state index contributed by atoms with van der Waals surface area (Å²) in [5.74, 6) is 2.06. The summed E-state index contributed by atoms with van der Waals surface area (Å²) in [5, 5.41) is 0. The minimum Gasteiger partial charge on any atom is -0.465 e. The molecular weight excluding hydrogens is 162 g/mol. The quantitative estimate of drug-likeness (QED) is 0.694. The molecule has 74 valence electrons. The molecular formula is C11H19NO. The van der Waals surface area contributed by atoms with Crippen LogP contribution in [0.3, 0.4) is 0 Å². The van der Waals surface area contributed by atoms with Crippen molar-refractivity contribution in [3.05, 3.63) is 23.7 Å². The first-order valence-corrected chi connectivity index (χ1v) is 4.96. The highest BCUT2D eigenvalue weighted by Gasteiger charge is 2.02. The Bertz CT molecular complexity index is 242. The second kappa shape index (κ2) is 5.07. The second-order valence-corrected chi connectivity index (χ2v) is 3.60. The van der Waals surface area contributed by atoms with E-state index in [-0.39, 0.29) is 0 Å². The largest absolute Gasteiger partial charge is 0.465 e. The minimum absolute atomic E-state index is 0.924. The molecule has 0 saturated heterocycles. The van der Waals surface area contributed by atoms with Gasteiger partial charge in [-0.05, 0) is 39.1 Å². The van der Waals surface area contributed by atoms with Crippen molar-refractivity contribution in [3.8, 4) is 0 Å². The van der Waals surface area contributed by atoms with Gasteiger partial charge in [0.25, 0.3) is 0 Å². The highest BCUT2D eigenvalue weighted by molar-refractivity contribution is 5.05. The van der Waals surface area contributed by atoms with E-state index >= 15 is 0 Å². The molecule has 0 bridgehead atoms. The molecule has 1 aromatic heterocycles. The van der Waals surface area contributed by atoms with Gasteiger partial charge in [-0.25, -0.2) is 0 Å². The number of hydrogen-bond donors (Lipinski definition) is 0. The molecule has 0 N–H and O–H groups in total. The van der Waals surface area contributed by atoms with Gasteiger partial charge in [-0.1, -0.05) is 13.3 Å². The zero-order chi connectivity index (χ0) is 9.68. The Labute approximate surface area is 80.5 Å². The van der Waals surface area contributed by atoms with Crippen LogP contribution in [0, 0.1) is 6.92 Å². The van der Waals surface area contributed by atoms with Crippen molar-refractivity contribution < 1.29 is 4.42 Å². The lowest BCUT2D eigenvalue weighted by atomic mass is 10.3. The molecule has 0 atom stereocenters. The minimum atomic E-state index is 0.924. The van der Waals surface area contributed by atoms with Crippen LogP contribution in [-0.4, -0.2) is 18.5 Å². The fraction of sp³-hybridized carbons (Fsp3) is 0.636. The van der Waals surface area contributed by atoms with Gasteiger partial charge in [0.2, 0.25) is 0 Å². The average Bonchev–Trinajstić information content (AvgIpc) is 2.48. The summed E-state index contributed by atoms with van der Waals surface area (Å²) in [6.07, 6.45) is 2.51. The molecule has 0 spiro atoms. The fourth-order valence-electron chi connectivity index (χ4n) is 1.34. The van der Waals surface area contributed by atoms with Crippen LogP contribution in [0.2, 0.25) is 0 Å². The van der Waals surface area contributed by atoms with Crippen LogP contribution in [0.25, 0.3) is 0 Å². The summed E-state index contributed by atoms with van der Waals surface area (Å²) in [7, 11) is 2.13. The third kappa shape index (κ3) is 3.64. The lowest BCUT2D eigenvalue weighted by Crippen LogP contribution is -2.18. The van der Waals surface area contributed by atoms with E-state index in [1.54, 1.807) is 0 Å². The maximum atomic E-state index is 5.49. The molecule has 13 heavy (non-hydrogen) atoms. The van der Waals surface area contributed by atoms with Gasteiger partial charge in [-0.15, -0.1) is 0 Å². The van der Waals surface area contributed by atoms with E-state index in [0.29, 0.717) is 0 Å². The predicted molar refractivity (Wildman–Crippen MR) is 54.7 cm³/mol. The zero-order valence-corrected chi connectivity index (χ0v) is 8.84. The third-order valence-corrected chi connectivity index (χ3v) is 2.12. The smallest absolute Gasteiger partial charge is 0.118 e. The van der Waals surface area contributed by atoms with E-state index in [0.717, 1.165) is 24.6 Å². The highest BCUT2D eigenvalue weighted by Crippen LogP contribution is 2.08. The normalized spacial score (nSPS) is 11.1. The fourth-order valence-corrected chi connectivity index (χ4v) is 1.34. The van der Waals surface area contributed by atoms with Crippen molar-refractivity contribution in [1.29, 1.82) is 0 Å². The first-order chi connectivity index (χ1) is 6.22. The summed E-state index contributed by atoms with van der Waals surface area (Å²) in [6, 6.07) is 4.07. The van der Waals surface area contributed by atoms with Crippen LogP contribution in [0.4, 0.5) is 0 Å². The summed E-state index contributed by atoms with van der Waals surface area (Å²) in [5.41, 5.74) is 0. The molecule has 1 heterocycles. The number of nitrogens with zero attached hydrogens (tertiary/aromatic N) is 1. The topological polar surface area (TPSA) is 16.4 Å². The highest BCUT2D eigenvalue weighted by atomic mass is 16.3. The van der Waals surface area contributed by atoms with Gasteiger partial charge >= 0.3 is 0 Å². The number of unbranched alkanes of at least 4 members (excludes halogenated alkanes) is 1. The third-order valence-electron chi connectivity index (χ3n) is 2.12. The van der Waals surface area contributed by atoms with Gasteiger partial charge in [0.05, 0.1) is 6.54 Å². The lowest BCUT2D eigenvalue weighted by molar-refractivity contribution is 0.288. The van der Waals surface area contributed by atoms with E-state index < -0.39 is 0 Å². The maximum absolute atomic E-state index is 5.49. The molecule has 1 rings (SSSR count). The van der Waals surface area contributed by atoms with E-state index in [9.17, 15) is 0 Å². The molecule has 2 heteroatoms. The first kappa shape index (κ1) is 10.3. The Balaban J connectivity index is 2.31. The van der Waals surface area contributed by atoms with Crippen molar-refractivity contribution in [2.75, 3.05) is 13.6 Å². The molecule has 0 amide bonds. The van der Waals surface area contributed by atoms with Crippen LogP contribution in [0.1, 0.15) is 31.3 Å². The predicted octanol–water partition coefficient (Wildman–Crippen LogP) is 2.82. The number of hydrogen-bond acceptors (Lipinski definition) is 2. The van der Waals surface area contributed by atoms with Crippen LogP contribution in [-0.2, 0) is 6.54 Å². The summed E-state index contributed by atoms with van der Waals surface area (Å²) < 4.78 is 5.49. The molecule has 0 saturated carbocycles. The molecule has 0 radical (unpaired) electrons. The van der Waals surface area contributed by atoms with Crippen LogP contribution in [0.5, 0.6) is 0 Å². The van der Waals surface area contributed by atoms with E-state index in [4.69, 9.17) is 4.42 Å². The summed E-state index contributed by atoms with van der Waals surface area (Å²) >= 11 is 0. The molecule has 2 nitrogen and oxygen atoms in total. The van der Waals surface area contributed by atoms with Gasteiger partial charge in [0.1, 0.15) is 11.5 Å². The van der Waals surface area contributed by atoms with Crippen molar-refractivity contribution in [2.24, 2.45) is 0 Å². The van der Waals surface area contributed by atoms with Crippen LogP contribution >= 0.6 is 0 Å².